The number of piperazine rings is 1. The molecule has 0 aliphatic carbocycles. The van der Waals surface area contributed by atoms with Gasteiger partial charge < -0.3 is 15.5 Å². The second-order valence-corrected chi connectivity index (χ2v) is 11.7. The molecule has 2 aliphatic rings. The number of amides is 3. The van der Waals surface area contributed by atoms with Crippen LogP contribution in [0.15, 0.2) is 54.6 Å². The van der Waals surface area contributed by atoms with Crippen molar-refractivity contribution in [1.82, 2.24) is 14.7 Å². The summed E-state index contributed by atoms with van der Waals surface area (Å²) in [5.74, 6) is 0.535. The predicted molar refractivity (Wildman–Crippen MR) is 145 cm³/mol. The van der Waals surface area contributed by atoms with Crippen LogP contribution in [-0.4, -0.2) is 65.4 Å². The first-order chi connectivity index (χ1) is 17.1. The van der Waals surface area contributed by atoms with E-state index in [4.69, 9.17) is 17.3 Å². The Kier molecular flexibility index (Phi) is 8.26. The van der Waals surface area contributed by atoms with Crippen molar-refractivity contribution in [3.05, 3.63) is 70.7 Å². The van der Waals surface area contributed by atoms with Crippen LogP contribution in [0.5, 0.6) is 0 Å². The third-order valence-electron chi connectivity index (χ3n) is 7.79. The van der Waals surface area contributed by atoms with E-state index in [-0.39, 0.29) is 29.4 Å². The number of carbonyl (C=O) groups is 2. The average Bonchev–Trinajstić information content (AvgIpc) is 2.86. The summed E-state index contributed by atoms with van der Waals surface area (Å²) in [4.78, 5) is 31.4. The molecule has 0 spiro atoms. The van der Waals surface area contributed by atoms with Crippen LogP contribution in [-0.2, 0) is 4.79 Å². The highest BCUT2D eigenvalue weighted by atomic mass is 35.5. The molecule has 2 heterocycles. The number of nitrogens with zero attached hydrogens (tertiary/aromatic N) is 3. The van der Waals surface area contributed by atoms with Crippen molar-refractivity contribution in [3.8, 4) is 0 Å². The number of rotatable bonds is 5. The van der Waals surface area contributed by atoms with Gasteiger partial charge in [0, 0.05) is 50.2 Å². The molecule has 2 saturated heterocycles. The fraction of sp³-hybridized carbons (Fsp3) is 0.517. The lowest BCUT2D eigenvalue weighted by atomic mass is 9.82. The van der Waals surface area contributed by atoms with E-state index in [1.54, 1.807) is 4.90 Å². The van der Waals surface area contributed by atoms with Crippen molar-refractivity contribution >= 4 is 23.5 Å². The lowest BCUT2D eigenvalue weighted by Crippen LogP contribution is -2.60. The monoisotopic (exact) mass is 510 g/mol. The minimum Gasteiger partial charge on any atom is -0.351 e. The molecule has 2 aromatic rings. The van der Waals surface area contributed by atoms with E-state index in [0.29, 0.717) is 32.0 Å². The van der Waals surface area contributed by atoms with Gasteiger partial charge in [-0.3, -0.25) is 9.69 Å². The summed E-state index contributed by atoms with van der Waals surface area (Å²) in [6.07, 6.45) is 2.21. The molecule has 6 nitrogen and oxygen atoms in total. The van der Waals surface area contributed by atoms with Crippen molar-refractivity contribution in [2.24, 2.45) is 17.1 Å². The fourth-order valence-electron chi connectivity index (χ4n) is 5.69. The lowest BCUT2D eigenvalue weighted by Gasteiger charge is -2.50. The van der Waals surface area contributed by atoms with E-state index >= 15 is 0 Å². The summed E-state index contributed by atoms with van der Waals surface area (Å²) in [5, 5.41) is 0.732. The quantitative estimate of drug-likeness (QED) is 0.603. The zero-order valence-electron chi connectivity index (χ0n) is 21.7. The minimum atomic E-state index is -0.364. The first kappa shape index (κ1) is 26.5. The summed E-state index contributed by atoms with van der Waals surface area (Å²) in [6.45, 7) is 10.3. The van der Waals surface area contributed by atoms with Crippen LogP contribution >= 0.6 is 11.6 Å². The van der Waals surface area contributed by atoms with Crippen LogP contribution < -0.4 is 5.73 Å². The molecule has 4 rings (SSSR count). The highest BCUT2D eigenvalue weighted by Gasteiger charge is 2.40. The van der Waals surface area contributed by atoms with Gasteiger partial charge in [-0.05, 0) is 47.4 Å². The van der Waals surface area contributed by atoms with Crippen molar-refractivity contribution in [2.75, 3.05) is 32.7 Å². The number of likely N-dealkylation sites (tertiary alicyclic amines) is 1. The summed E-state index contributed by atoms with van der Waals surface area (Å²) < 4.78 is 0. The van der Waals surface area contributed by atoms with Gasteiger partial charge in [0.05, 0.1) is 6.04 Å². The maximum absolute atomic E-state index is 13.6. The molecule has 0 radical (unpaired) electrons. The number of benzene rings is 2. The summed E-state index contributed by atoms with van der Waals surface area (Å²) in [5.41, 5.74) is 7.81. The number of hydrogen-bond acceptors (Lipinski definition) is 3. The summed E-state index contributed by atoms with van der Waals surface area (Å²) >= 11 is 6.21. The molecule has 2 fully saturated rings. The highest BCUT2D eigenvalue weighted by molar-refractivity contribution is 6.30. The molecule has 7 heteroatoms. The number of nitrogens with two attached hydrogens (primary N) is 1. The first-order valence-electron chi connectivity index (χ1n) is 13.0. The number of primary amides is 1. The lowest BCUT2D eigenvalue weighted by molar-refractivity contribution is -0.141. The number of piperidine rings is 1. The van der Waals surface area contributed by atoms with Crippen molar-refractivity contribution < 1.29 is 9.59 Å². The second kappa shape index (κ2) is 11.2. The van der Waals surface area contributed by atoms with Crippen LogP contribution in [0.2, 0.25) is 5.02 Å². The van der Waals surface area contributed by atoms with Gasteiger partial charge in [0.25, 0.3) is 0 Å². The Balaban J connectivity index is 1.52. The second-order valence-electron chi connectivity index (χ2n) is 11.3. The smallest absolute Gasteiger partial charge is 0.314 e. The van der Waals surface area contributed by atoms with Crippen molar-refractivity contribution in [1.29, 1.82) is 0 Å². The van der Waals surface area contributed by atoms with E-state index in [1.165, 1.54) is 11.1 Å². The van der Waals surface area contributed by atoms with Crippen molar-refractivity contribution in [2.45, 2.75) is 52.1 Å². The van der Waals surface area contributed by atoms with Crippen LogP contribution in [0.25, 0.3) is 0 Å². The number of halogens is 1. The maximum Gasteiger partial charge on any atom is 0.314 e. The number of urea groups is 1. The van der Waals surface area contributed by atoms with Gasteiger partial charge >= 0.3 is 6.03 Å². The molecule has 2 atom stereocenters. The molecule has 0 bridgehead atoms. The topological polar surface area (TPSA) is 69.9 Å². The fourth-order valence-corrected chi connectivity index (χ4v) is 5.82. The molecular formula is C29H39ClN4O2. The van der Waals surface area contributed by atoms with Crippen LogP contribution in [0, 0.1) is 11.3 Å². The Morgan fingerprint density at radius 3 is 2.14 bits per heavy atom. The molecule has 3 amide bonds. The SMILES string of the molecule is CC(C)(C)[C@H]1CN(C(c2ccccc2)c2ccc(Cl)cc2)CCN1C(=O)CC1CCN(C(N)=O)CC1. The van der Waals surface area contributed by atoms with E-state index in [2.05, 4.69) is 67.0 Å². The Hall–Kier alpha value is -2.57. The van der Waals surface area contributed by atoms with Gasteiger partial charge in [-0.15, -0.1) is 0 Å². The predicted octanol–water partition coefficient (Wildman–Crippen LogP) is 5.17. The zero-order valence-corrected chi connectivity index (χ0v) is 22.5. The third-order valence-corrected chi connectivity index (χ3v) is 8.04. The van der Waals surface area contributed by atoms with Gasteiger partial charge in [0.15, 0.2) is 0 Å². The Bertz CT molecular complexity index is 1030. The molecule has 2 N–H and O–H groups in total. The van der Waals surface area contributed by atoms with Crippen LogP contribution in [0.1, 0.15) is 57.2 Å². The largest absolute Gasteiger partial charge is 0.351 e. The minimum absolute atomic E-state index is 0.0646. The summed E-state index contributed by atoms with van der Waals surface area (Å²) in [6, 6.07) is 18.6. The molecule has 2 aliphatic heterocycles. The average molecular weight is 511 g/mol. The van der Waals surface area contributed by atoms with E-state index in [1.807, 2.05) is 18.2 Å². The zero-order chi connectivity index (χ0) is 25.9. The van der Waals surface area contributed by atoms with Gasteiger partial charge in [0.2, 0.25) is 5.91 Å². The Labute approximate surface area is 220 Å². The Morgan fingerprint density at radius 1 is 0.944 bits per heavy atom. The van der Waals surface area contributed by atoms with E-state index in [9.17, 15) is 9.59 Å². The van der Waals surface area contributed by atoms with Gasteiger partial charge in [-0.2, -0.15) is 0 Å². The van der Waals surface area contributed by atoms with Crippen LogP contribution in [0.3, 0.4) is 0 Å². The summed E-state index contributed by atoms with van der Waals surface area (Å²) in [7, 11) is 0. The van der Waals surface area contributed by atoms with Gasteiger partial charge in [0.1, 0.15) is 0 Å². The molecule has 0 saturated carbocycles. The molecule has 0 aromatic heterocycles. The molecule has 194 valence electrons. The van der Waals surface area contributed by atoms with Gasteiger partial charge in [-0.25, -0.2) is 4.79 Å². The number of carbonyl (C=O) groups excluding carboxylic acids is 2. The molecular weight excluding hydrogens is 472 g/mol. The van der Waals surface area contributed by atoms with Crippen molar-refractivity contribution in [3.63, 3.8) is 0 Å². The Morgan fingerprint density at radius 2 is 1.56 bits per heavy atom. The molecule has 1 unspecified atom stereocenters. The molecule has 36 heavy (non-hydrogen) atoms. The number of hydrogen-bond donors (Lipinski definition) is 1. The third kappa shape index (κ3) is 6.22. The highest BCUT2D eigenvalue weighted by Crippen LogP contribution is 2.36. The maximum atomic E-state index is 13.6. The normalized spacial score (nSPS) is 20.8. The van der Waals surface area contributed by atoms with E-state index < -0.39 is 0 Å². The molecule has 2 aromatic carbocycles. The standard InChI is InChI=1S/C29H39ClN4O2/c1-29(2,3)25-20-33(27(22-7-5-4-6-8-22)23-9-11-24(30)12-10-23)17-18-34(25)26(35)19-21-13-15-32(16-14-21)28(31)36/h4-12,21,25,27H,13-20H2,1-3H3,(H2,31,36)/t25-,27?/m1/s1. The van der Waals surface area contributed by atoms with Gasteiger partial charge in [-0.1, -0.05) is 74.8 Å². The van der Waals surface area contributed by atoms with Crippen LogP contribution in [0.4, 0.5) is 4.79 Å². The van der Waals surface area contributed by atoms with E-state index in [0.717, 1.165) is 31.0 Å². The first-order valence-corrected chi connectivity index (χ1v) is 13.4.